The van der Waals surface area contributed by atoms with Gasteiger partial charge >= 0.3 is 6.03 Å². The fourth-order valence-corrected chi connectivity index (χ4v) is 4.56. The molecule has 0 atom stereocenters. The molecule has 37 heavy (non-hydrogen) atoms. The van der Waals surface area contributed by atoms with Gasteiger partial charge in [-0.15, -0.1) is 0 Å². The zero-order chi connectivity index (χ0) is 26.4. The van der Waals surface area contributed by atoms with Crippen LogP contribution in [0.15, 0.2) is 42.5 Å². The molecule has 9 nitrogen and oxygen atoms in total. The second-order valence-electron chi connectivity index (χ2n) is 9.01. The Labute approximate surface area is 218 Å². The predicted molar refractivity (Wildman–Crippen MR) is 144 cm³/mol. The van der Waals surface area contributed by atoms with E-state index in [2.05, 4.69) is 27.3 Å². The molecule has 1 aliphatic heterocycles. The number of aromatic nitrogens is 2. The van der Waals surface area contributed by atoms with Gasteiger partial charge in [-0.25, -0.2) is 14.8 Å². The van der Waals surface area contributed by atoms with Crippen LogP contribution >= 0.6 is 0 Å². The number of carbonyl (C=O) groups is 1. The van der Waals surface area contributed by atoms with Gasteiger partial charge in [0.25, 0.3) is 0 Å². The number of hydrogen-bond donors (Lipinski definition) is 1. The number of nitrogens with one attached hydrogen (secondary N) is 1. The zero-order valence-electron chi connectivity index (χ0n) is 22.2. The van der Waals surface area contributed by atoms with Crippen LogP contribution in [0.25, 0.3) is 0 Å². The van der Waals surface area contributed by atoms with Crippen LogP contribution in [0.3, 0.4) is 0 Å². The molecular weight excluding hydrogens is 470 g/mol. The molecule has 0 unspecified atom stereocenters. The summed E-state index contributed by atoms with van der Waals surface area (Å²) in [4.78, 5) is 26.7. The van der Waals surface area contributed by atoms with Crippen LogP contribution in [-0.4, -0.2) is 68.4 Å². The fraction of sp³-hybridized carbons (Fsp3) is 0.393. The molecule has 0 aliphatic carbocycles. The Morgan fingerprint density at radius 2 is 1.62 bits per heavy atom. The normalized spacial score (nSPS) is 13.6. The van der Waals surface area contributed by atoms with Crippen molar-refractivity contribution in [1.82, 2.24) is 14.9 Å². The van der Waals surface area contributed by atoms with Crippen molar-refractivity contribution in [2.75, 3.05) is 57.7 Å². The van der Waals surface area contributed by atoms with Gasteiger partial charge in [-0.3, -0.25) is 0 Å². The molecule has 1 aromatic heterocycles. The van der Waals surface area contributed by atoms with Crippen LogP contribution in [0, 0.1) is 13.8 Å². The quantitative estimate of drug-likeness (QED) is 0.507. The van der Waals surface area contributed by atoms with Crippen molar-refractivity contribution in [3.63, 3.8) is 0 Å². The summed E-state index contributed by atoms with van der Waals surface area (Å²) in [6.45, 7) is 6.68. The second kappa shape index (κ2) is 11.8. The van der Waals surface area contributed by atoms with E-state index in [0.29, 0.717) is 36.8 Å². The average molecular weight is 506 g/mol. The molecule has 0 radical (unpaired) electrons. The number of rotatable bonds is 7. The Morgan fingerprint density at radius 3 is 2.32 bits per heavy atom. The summed E-state index contributed by atoms with van der Waals surface area (Å²) in [5.74, 6) is 3.75. The van der Waals surface area contributed by atoms with Crippen LogP contribution in [0.5, 0.6) is 17.2 Å². The van der Waals surface area contributed by atoms with Gasteiger partial charge in [0.2, 0.25) is 0 Å². The maximum Gasteiger partial charge on any atom is 0.322 e. The molecule has 3 aromatic rings. The number of anilines is 2. The number of hydrogen-bond acceptors (Lipinski definition) is 7. The first-order chi connectivity index (χ1) is 17.9. The van der Waals surface area contributed by atoms with Gasteiger partial charge in [0.15, 0.2) is 0 Å². The van der Waals surface area contributed by atoms with Crippen LogP contribution in [0.1, 0.15) is 29.1 Å². The molecular formula is C28H35N5O4. The summed E-state index contributed by atoms with van der Waals surface area (Å²) >= 11 is 0. The van der Waals surface area contributed by atoms with E-state index >= 15 is 0 Å². The summed E-state index contributed by atoms with van der Waals surface area (Å²) in [5, 5.41) is 2.99. The Hall–Kier alpha value is -4.01. The van der Waals surface area contributed by atoms with Gasteiger partial charge < -0.3 is 29.3 Å². The fourth-order valence-electron chi connectivity index (χ4n) is 4.56. The molecule has 9 heteroatoms. The first kappa shape index (κ1) is 26.1. The van der Waals surface area contributed by atoms with E-state index in [-0.39, 0.29) is 6.03 Å². The van der Waals surface area contributed by atoms with Crippen molar-refractivity contribution in [1.29, 1.82) is 0 Å². The van der Waals surface area contributed by atoms with Crippen molar-refractivity contribution in [3.05, 3.63) is 65.1 Å². The third-order valence-electron chi connectivity index (χ3n) is 6.58. The molecule has 196 valence electrons. The molecule has 2 heterocycles. The largest absolute Gasteiger partial charge is 0.497 e. The molecule has 1 aliphatic rings. The monoisotopic (exact) mass is 505 g/mol. The maximum atomic E-state index is 13.1. The lowest BCUT2D eigenvalue weighted by Crippen LogP contribution is -2.38. The molecule has 1 fully saturated rings. The Kier molecular flexibility index (Phi) is 8.32. The van der Waals surface area contributed by atoms with E-state index in [1.165, 1.54) is 5.56 Å². The van der Waals surface area contributed by atoms with E-state index in [1.54, 1.807) is 39.5 Å². The number of carbonyl (C=O) groups excluding carboxylic acids is 1. The summed E-state index contributed by atoms with van der Waals surface area (Å²) in [6.07, 6.45) is 1.56. The van der Waals surface area contributed by atoms with E-state index in [0.717, 1.165) is 48.0 Å². The molecule has 0 saturated carbocycles. The number of nitrogens with zero attached hydrogens (tertiary/aromatic N) is 4. The highest BCUT2D eigenvalue weighted by molar-refractivity contribution is 5.91. The minimum atomic E-state index is -0.154. The summed E-state index contributed by atoms with van der Waals surface area (Å²) in [5.41, 5.74) is 3.86. The number of ether oxygens (including phenoxy) is 3. The highest BCUT2D eigenvalue weighted by atomic mass is 16.5. The zero-order valence-corrected chi connectivity index (χ0v) is 22.2. The molecule has 2 aromatic carbocycles. The van der Waals surface area contributed by atoms with Gasteiger partial charge in [0, 0.05) is 49.9 Å². The van der Waals surface area contributed by atoms with Crippen molar-refractivity contribution in [3.8, 4) is 17.2 Å². The SMILES string of the molecule is COc1ccc(Cc2c(C)nc(C)nc2N2CCCN(C(=O)Nc3ccc(OC)cc3OC)CC2)cc1. The third kappa shape index (κ3) is 6.22. The number of aryl methyl sites for hydroxylation is 2. The first-order valence-corrected chi connectivity index (χ1v) is 12.4. The van der Waals surface area contributed by atoms with Gasteiger partial charge in [0.05, 0.1) is 27.0 Å². The van der Waals surface area contributed by atoms with E-state index < -0.39 is 0 Å². The summed E-state index contributed by atoms with van der Waals surface area (Å²) < 4.78 is 16.0. The summed E-state index contributed by atoms with van der Waals surface area (Å²) in [6, 6.07) is 13.3. The van der Waals surface area contributed by atoms with Crippen LogP contribution < -0.4 is 24.4 Å². The highest BCUT2D eigenvalue weighted by Gasteiger charge is 2.24. The minimum Gasteiger partial charge on any atom is -0.497 e. The molecule has 2 amide bonds. The van der Waals surface area contributed by atoms with Gasteiger partial charge in [-0.2, -0.15) is 0 Å². The lowest BCUT2D eigenvalue weighted by molar-refractivity contribution is 0.215. The maximum absolute atomic E-state index is 13.1. The van der Waals surface area contributed by atoms with E-state index in [9.17, 15) is 4.79 Å². The van der Waals surface area contributed by atoms with Crippen LogP contribution in [0.4, 0.5) is 16.3 Å². The molecule has 0 bridgehead atoms. The minimum absolute atomic E-state index is 0.154. The van der Waals surface area contributed by atoms with Gasteiger partial charge in [0.1, 0.15) is 28.9 Å². The third-order valence-corrected chi connectivity index (χ3v) is 6.58. The number of amides is 2. The second-order valence-corrected chi connectivity index (χ2v) is 9.01. The Bertz CT molecular complexity index is 1230. The average Bonchev–Trinajstić information content (AvgIpc) is 3.17. The van der Waals surface area contributed by atoms with Crippen LogP contribution in [-0.2, 0) is 6.42 Å². The summed E-state index contributed by atoms with van der Waals surface area (Å²) in [7, 11) is 4.84. The highest BCUT2D eigenvalue weighted by Crippen LogP contribution is 2.30. The van der Waals surface area contributed by atoms with Crippen molar-refractivity contribution >= 4 is 17.5 Å². The number of urea groups is 1. The van der Waals surface area contributed by atoms with E-state index in [4.69, 9.17) is 19.2 Å². The topological polar surface area (TPSA) is 89.1 Å². The molecule has 4 rings (SSSR count). The predicted octanol–water partition coefficient (Wildman–Crippen LogP) is 4.45. The van der Waals surface area contributed by atoms with Gasteiger partial charge in [-0.05, 0) is 50.1 Å². The standard InChI is InChI=1S/C28H35N5O4/c1-19-24(17-21-7-9-22(35-3)10-8-21)27(30-20(2)29-19)32-13-6-14-33(16-15-32)28(34)31-25-12-11-23(36-4)18-26(25)37-5/h7-12,18H,6,13-17H2,1-5H3,(H,31,34). The smallest absolute Gasteiger partial charge is 0.322 e. The number of benzene rings is 2. The van der Waals surface area contributed by atoms with Crippen molar-refractivity contribution in [2.45, 2.75) is 26.7 Å². The molecule has 1 saturated heterocycles. The lowest BCUT2D eigenvalue weighted by Gasteiger charge is -2.26. The van der Waals surface area contributed by atoms with Gasteiger partial charge in [-0.1, -0.05) is 12.1 Å². The van der Waals surface area contributed by atoms with E-state index in [1.807, 2.05) is 30.9 Å². The molecule has 1 N–H and O–H groups in total. The Morgan fingerprint density at radius 1 is 0.892 bits per heavy atom. The Balaban J connectivity index is 1.49. The number of methoxy groups -OCH3 is 3. The molecule has 0 spiro atoms. The van der Waals surface area contributed by atoms with Crippen molar-refractivity contribution in [2.24, 2.45) is 0 Å². The van der Waals surface area contributed by atoms with Crippen molar-refractivity contribution < 1.29 is 19.0 Å². The first-order valence-electron chi connectivity index (χ1n) is 12.4. The van der Waals surface area contributed by atoms with Crippen LogP contribution in [0.2, 0.25) is 0 Å². The lowest BCUT2D eigenvalue weighted by atomic mass is 10.0.